The van der Waals surface area contributed by atoms with E-state index in [1.165, 1.54) is 6.07 Å². The molecule has 0 heterocycles. The van der Waals surface area contributed by atoms with E-state index in [2.05, 4.69) is 21.2 Å². The molecular weight excluding hydrogens is 310 g/mol. The number of rotatable bonds is 4. The van der Waals surface area contributed by atoms with E-state index >= 15 is 0 Å². The lowest BCUT2D eigenvalue weighted by Crippen LogP contribution is -2.32. The van der Waals surface area contributed by atoms with Crippen molar-refractivity contribution in [3.8, 4) is 0 Å². The Hall–Kier alpha value is -0.650. The Labute approximate surface area is 114 Å². The summed E-state index contributed by atoms with van der Waals surface area (Å²) in [5.74, 6) is -0.785. The minimum atomic E-state index is -0.535. The molecule has 0 fully saturated rings. The Kier molecular flexibility index (Phi) is 7.34. The Morgan fingerprint density at radius 2 is 2.24 bits per heavy atom. The quantitative estimate of drug-likeness (QED) is 0.893. The highest BCUT2D eigenvalue weighted by Crippen LogP contribution is 2.19. The lowest BCUT2D eigenvalue weighted by molar-refractivity contribution is 0.0943. The van der Waals surface area contributed by atoms with Gasteiger partial charge in [-0.2, -0.15) is 0 Å². The Morgan fingerprint density at radius 1 is 1.59 bits per heavy atom. The van der Waals surface area contributed by atoms with Gasteiger partial charge in [0.2, 0.25) is 0 Å². The first-order valence-electron chi connectivity index (χ1n) is 4.98. The molecule has 1 aromatic rings. The van der Waals surface area contributed by atoms with Gasteiger partial charge in [0.25, 0.3) is 5.91 Å². The topological polar surface area (TPSA) is 55.1 Å². The molecule has 0 saturated heterocycles. The lowest BCUT2D eigenvalue weighted by atomic mass is 10.1. The summed E-state index contributed by atoms with van der Waals surface area (Å²) in [5, 5.41) is 2.64. The molecule has 1 amide bonds. The van der Waals surface area contributed by atoms with Gasteiger partial charge in [0.05, 0.1) is 5.56 Å². The SMILES string of the molecule is CC(CN)CNC(=O)c1c(F)cccc1Br.Cl. The summed E-state index contributed by atoms with van der Waals surface area (Å²) in [6, 6.07) is 4.43. The van der Waals surface area contributed by atoms with E-state index < -0.39 is 11.7 Å². The summed E-state index contributed by atoms with van der Waals surface area (Å²) in [5.41, 5.74) is 5.46. The molecule has 3 nitrogen and oxygen atoms in total. The van der Waals surface area contributed by atoms with Crippen molar-refractivity contribution in [2.45, 2.75) is 6.92 Å². The van der Waals surface area contributed by atoms with E-state index in [4.69, 9.17) is 5.73 Å². The number of carbonyl (C=O) groups is 1. The van der Waals surface area contributed by atoms with Crippen LogP contribution in [0.25, 0.3) is 0 Å². The standard InChI is InChI=1S/C11H14BrFN2O.ClH/c1-7(5-14)6-15-11(16)10-8(12)3-2-4-9(10)13;/h2-4,7H,5-6,14H2,1H3,(H,15,16);1H. The number of nitrogens with one attached hydrogen (secondary N) is 1. The smallest absolute Gasteiger partial charge is 0.255 e. The highest BCUT2D eigenvalue weighted by Gasteiger charge is 2.15. The van der Waals surface area contributed by atoms with Gasteiger partial charge in [0.15, 0.2) is 0 Å². The number of amides is 1. The van der Waals surface area contributed by atoms with Crippen LogP contribution < -0.4 is 11.1 Å². The van der Waals surface area contributed by atoms with Crippen molar-refractivity contribution in [1.82, 2.24) is 5.32 Å². The van der Waals surface area contributed by atoms with Crippen LogP contribution in [0, 0.1) is 11.7 Å². The number of hydrogen-bond acceptors (Lipinski definition) is 2. The normalized spacial score (nSPS) is 11.5. The van der Waals surface area contributed by atoms with E-state index in [0.717, 1.165) is 0 Å². The van der Waals surface area contributed by atoms with Gasteiger partial charge in [0.1, 0.15) is 5.82 Å². The summed E-state index contributed by atoms with van der Waals surface area (Å²) in [7, 11) is 0. The molecular formula is C11H15BrClFN2O. The van der Waals surface area contributed by atoms with Gasteiger partial charge >= 0.3 is 0 Å². The molecule has 0 aromatic heterocycles. The van der Waals surface area contributed by atoms with Crippen LogP contribution >= 0.6 is 28.3 Å². The van der Waals surface area contributed by atoms with Crippen LogP contribution in [-0.2, 0) is 0 Å². The molecule has 1 aromatic carbocycles. The third-order valence-electron chi connectivity index (χ3n) is 2.20. The number of halogens is 3. The van der Waals surface area contributed by atoms with E-state index in [1.54, 1.807) is 12.1 Å². The largest absolute Gasteiger partial charge is 0.352 e. The van der Waals surface area contributed by atoms with Gasteiger partial charge < -0.3 is 11.1 Å². The molecule has 6 heteroatoms. The van der Waals surface area contributed by atoms with Crippen molar-refractivity contribution < 1.29 is 9.18 Å². The maximum atomic E-state index is 13.4. The first-order chi connectivity index (χ1) is 7.56. The van der Waals surface area contributed by atoms with Crippen molar-refractivity contribution in [1.29, 1.82) is 0 Å². The predicted octanol–water partition coefficient (Wildman–Crippen LogP) is 2.33. The molecule has 1 rings (SSSR count). The van der Waals surface area contributed by atoms with Gasteiger partial charge in [-0.3, -0.25) is 4.79 Å². The summed E-state index contributed by atoms with van der Waals surface area (Å²) in [6.07, 6.45) is 0. The van der Waals surface area contributed by atoms with Gasteiger partial charge in [-0.15, -0.1) is 12.4 Å². The van der Waals surface area contributed by atoms with E-state index in [0.29, 0.717) is 17.6 Å². The summed E-state index contributed by atoms with van der Waals surface area (Å²) in [4.78, 5) is 11.7. The molecule has 3 N–H and O–H groups in total. The van der Waals surface area contributed by atoms with Crippen LogP contribution in [0.5, 0.6) is 0 Å². The second kappa shape index (κ2) is 7.63. The van der Waals surface area contributed by atoms with E-state index in [1.807, 2.05) is 6.92 Å². The molecule has 0 aliphatic heterocycles. The Balaban J connectivity index is 0.00000256. The molecule has 17 heavy (non-hydrogen) atoms. The third-order valence-corrected chi connectivity index (χ3v) is 2.86. The first kappa shape index (κ1) is 16.4. The van der Waals surface area contributed by atoms with Crippen molar-refractivity contribution in [2.75, 3.05) is 13.1 Å². The number of carbonyl (C=O) groups excluding carboxylic acids is 1. The molecule has 1 atom stereocenters. The molecule has 96 valence electrons. The molecule has 0 aliphatic carbocycles. The maximum Gasteiger partial charge on any atom is 0.255 e. The zero-order valence-corrected chi connectivity index (χ0v) is 11.8. The van der Waals surface area contributed by atoms with Crippen molar-refractivity contribution >= 4 is 34.2 Å². The molecule has 0 saturated carbocycles. The zero-order chi connectivity index (χ0) is 12.1. The highest BCUT2D eigenvalue weighted by atomic mass is 79.9. The number of hydrogen-bond donors (Lipinski definition) is 2. The number of benzene rings is 1. The monoisotopic (exact) mass is 324 g/mol. The molecule has 0 bridgehead atoms. The second-order valence-corrected chi connectivity index (χ2v) is 4.50. The molecule has 0 aliphatic rings. The fraction of sp³-hybridized carbons (Fsp3) is 0.364. The minimum absolute atomic E-state index is 0. The maximum absolute atomic E-state index is 13.4. The van der Waals surface area contributed by atoms with Crippen molar-refractivity contribution in [3.63, 3.8) is 0 Å². The number of nitrogens with two attached hydrogens (primary N) is 1. The molecule has 0 radical (unpaired) electrons. The highest BCUT2D eigenvalue weighted by molar-refractivity contribution is 9.10. The van der Waals surface area contributed by atoms with E-state index in [9.17, 15) is 9.18 Å². The van der Waals surface area contributed by atoms with Crippen LogP contribution in [0.15, 0.2) is 22.7 Å². The van der Waals surface area contributed by atoms with Crippen LogP contribution in [0.2, 0.25) is 0 Å². The molecule has 1 unspecified atom stereocenters. The fourth-order valence-corrected chi connectivity index (χ4v) is 1.68. The summed E-state index contributed by atoms with van der Waals surface area (Å²) < 4.78 is 13.8. The van der Waals surface area contributed by atoms with Crippen LogP contribution in [0.4, 0.5) is 4.39 Å². The van der Waals surface area contributed by atoms with Crippen molar-refractivity contribution in [3.05, 3.63) is 34.1 Å². The lowest BCUT2D eigenvalue weighted by Gasteiger charge is -2.11. The summed E-state index contributed by atoms with van der Waals surface area (Å²) >= 11 is 3.15. The average molecular weight is 326 g/mol. The van der Waals surface area contributed by atoms with Crippen LogP contribution in [0.3, 0.4) is 0 Å². The second-order valence-electron chi connectivity index (χ2n) is 3.65. The first-order valence-corrected chi connectivity index (χ1v) is 5.77. The summed E-state index contributed by atoms with van der Waals surface area (Å²) in [6.45, 7) is 2.84. The van der Waals surface area contributed by atoms with Crippen LogP contribution in [0.1, 0.15) is 17.3 Å². The zero-order valence-electron chi connectivity index (χ0n) is 9.37. The van der Waals surface area contributed by atoms with Gasteiger partial charge in [0, 0.05) is 11.0 Å². The van der Waals surface area contributed by atoms with Gasteiger partial charge in [-0.25, -0.2) is 4.39 Å². The third kappa shape index (κ3) is 4.61. The molecule has 0 spiro atoms. The fourth-order valence-electron chi connectivity index (χ4n) is 1.15. The van der Waals surface area contributed by atoms with Gasteiger partial charge in [-0.05, 0) is 40.5 Å². The predicted molar refractivity (Wildman–Crippen MR) is 71.9 cm³/mol. The average Bonchev–Trinajstić information content (AvgIpc) is 2.25. The van der Waals surface area contributed by atoms with Crippen molar-refractivity contribution in [2.24, 2.45) is 11.7 Å². The minimum Gasteiger partial charge on any atom is -0.352 e. The van der Waals surface area contributed by atoms with Gasteiger partial charge in [-0.1, -0.05) is 13.0 Å². The van der Waals surface area contributed by atoms with Crippen LogP contribution in [-0.4, -0.2) is 19.0 Å². The Bertz CT molecular complexity index is 369. The Morgan fingerprint density at radius 3 is 2.76 bits per heavy atom. The van der Waals surface area contributed by atoms with E-state index in [-0.39, 0.29) is 23.9 Å².